The highest BCUT2D eigenvalue weighted by atomic mass is 32.2. The number of fused-ring (bicyclic) bond motifs is 1. The highest BCUT2D eigenvalue weighted by molar-refractivity contribution is 8.00. The van der Waals surface area contributed by atoms with Crippen LogP contribution < -0.4 is 0 Å². The molecular weight excluding hydrogens is 497 g/mol. The Labute approximate surface area is 208 Å². The smallest absolute Gasteiger partial charge is 0.417 e. The van der Waals surface area contributed by atoms with Crippen LogP contribution in [0.25, 0.3) is 21.5 Å². The highest BCUT2D eigenvalue weighted by Gasteiger charge is 2.34. The molecule has 1 N–H and O–H groups in total. The minimum absolute atomic E-state index is 0.0451. The van der Waals surface area contributed by atoms with E-state index in [0.29, 0.717) is 23.4 Å². The van der Waals surface area contributed by atoms with Gasteiger partial charge in [0.1, 0.15) is 5.01 Å². The average molecular weight is 521 g/mol. The SMILES string of the molecule is Cc1cc2c(CCc3sc(-c4ccccc4C(F)(F)F)nc3C(C)C)noc2cc1SCC(=O)O. The van der Waals surface area contributed by atoms with Gasteiger partial charge in [0.05, 0.1) is 22.7 Å². The summed E-state index contributed by atoms with van der Waals surface area (Å²) in [4.78, 5) is 17.2. The number of nitrogens with zero attached hydrogens (tertiary/aromatic N) is 2. The van der Waals surface area contributed by atoms with Gasteiger partial charge in [-0.1, -0.05) is 37.2 Å². The van der Waals surface area contributed by atoms with Crippen LogP contribution in [0.4, 0.5) is 13.2 Å². The molecule has 4 aromatic rings. The number of hydrogen-bond acceptors (Lipinski definition) is 6. The highest BCUT2D eigenvalue weighted by Crippen LogP contribution is 2.40. The summed E-state index contributed by atoms with van der Waals surface area (Å²) >= 11 is 2.51. The van der Waals surface area contributed by atoms with E-state index in [4.69, 9.17) is 9.63 Å². The van der Waals surface area contributed by atoms with E-state index >= 15 is 0 Å². The third-order valence-electron chi connectivity index (χ3n) is 5.52. The molecule has 0 aliphatic carbocycles. The molecule has 0 fully saturated rings. The summed E-state index contributed by atoms with van der Waals surface area (Å²) in [5, 5.41) is 14.4. The van der Waals surface area contributed by atoms with Gasteiger partial charge in [-0.25, -0.2) is 4.98 Å². The largest absolute Gasteiger partial charge is 0.481 e. The number of benzene rings is 2. The molecule has 0 atom stereocenters. The lowest BCUT2D eigenvalue weighted by Gasteiger charge is -2.10. The third kappa shape index (κ3) is 5.54. The Morgan fingerprint density at radius 3 is 2.63 bits per heavy atom. The van der Waals surface area contributed by atoms with Crippen molar-refractivity contribution in [2.75, 3.05) is 5.75 Å². The van der Waals surface area contributed by atoms with Crippen molar-refractivity contribution in [3.63, 3.8) is 0 Å². The number of aryl methyl sites for hydroxylation is 3. The van der Waals surface area contributed by atoms with E-state index < -0.39 is 17.7 Å². The summed E-state index contributed by atoms with van der Waals surface area (Å²) in [6, 6.07) is 9.25. The molecular formula is C25H23F3N2O3S2. The lowest BCUT2D eigenvalue weighted by molar-refractivity contribution is -0.137. The maximum atomic E-state index is 13.6. The van der Waals surface area contributed by atoms with Gasteiger partial charge in [-0.05, 0) is 49.4 Å². The molecule has 10 heteroatoms. The van der Waals surface area contributed by atoms with Gasteiger partial charge in [-0.2, -0.15) is 13.2 Å². The Morgan fingerprint density at radius 2 is 1.94 bits per heavy atom. The number of thiazole rings is 1. The molecule has 4 rings (SSSR count). The zero-order valence-electron chi connectivity index (χ0n) is 19.3. The second-order valence-corrected chi connectivity index (χ2v) is 10.6. The maximum absolute atomic E-state index is 13.6. The lowest BCUT2D eigenvalue weighted by Crippen LogP contribution is -2.06. The molecule has 2 aromatic heterocycles. The fraction of sp³-hybridized carbons (Fsp3) is 0.320. The Bertz CT molecular complexity index is 1380. The Balaban J connectivity index is 1.62. The fourth-order valence-electron chi connectivity index (χ4n) is 3.86. The summed E-state index contributed by atoms with van der Waals surface area (Å²) in [5.74, 6) is -0.884. The minimum atomic E-state index is -4.46. The number of aliphatic carboxylic acids is 1. The fourth-order valence-corrected chi connectivity index (χ4v) is 5.87. The van der Waals surface area contributed by atoms with E-state index in [2.05, 4.69) is 10.1 Å². The first-order valence-corrected chi connectivity index (χ1v) is 12.7. The molecule has 184 valence electrons. The maximum Gasteiger partial charge on any atom is 0.417 e. The zero-order chi connectivity index (χ0) is 25.3. The first-order chi connectivity index (χ1) is 16.5. The van der Waals surface area contributed by atoms with Crippen molar-refractivity contribution in [1.29, 1.82) is 0 Å². The van der Waals surface area contributed by atoms with Crippen molar-refractivity contribution in [1.82, 2.24) is 10.1 Å². The predicted molar refractivity (Wildman–Crippen MR) is 131 cm³/mol. The summed E-state index contributed by atoms with van der Waals surface area (Å²) in [7, 11) is 0. The van der Waals surface area contributed by atoms with Crippen LogP contribution in [0.2, 0.25) is 0 Å². The molecule has 0 radical (unpaired) electrons. The van der Waals surface area contributed by atoms with Crippen molar-refractivity contribution >= 4 is 40.0 Å². The Morgan fingerprint density at radius 1 is 1.20 bits per heavy atom. The average Bonchev–Trinajstić information content (AvgIpc) is 3.39. The predicted octanol–water partition coefficient (Wildman–Crippen LogP) is 7.36. The number of thioether (sulfide) groups is 1. The van der Waals surface area contributed by atoms with E-state index in [0.717, 1.165) is 38.2 Å². The Kier molecular flexibility index (Phi) is 7.23. The van der Waals surface area contributed by atoms with Crippen molar-refractivity contribution in [3.8, 4) is 10.6 Å². The number of hydrogen-bond donors (Lipinski definition) is 1. The molecule has 0 saturated heterocycles. The van der Waals surface area contributed by atoms with Crippen LogP contribution in [0.15, 0.2) is 45.8 Å². The number of rotatable bonds is 8. The third-order valence-corrected chi connectivity index (χ3v) is 7.83. The first kappa shape index (κ1) is 25.2. The molecule has 0 spiro atoms. The standard InChI is InChI=1S/C25H23F3N2O3S2/c1-13(2)23-20(35-24(29-23)15-6-4-5-7-17(15)25(26,27)28)9-8-18-16-10-14(3)21(34-12-22(31)32)11-19(16)33-30-18/h4-7,10-11,13H,8-9,12H2,1-3H3,(H,31,32). The van der Waals surface area contributed by atoms with Gasteiger partial charge in [0.15, 0.2) is 5.58 Å². The first-order valence-electron chi connectivity index (χ1n) is 10.9. The van der Waals surface area contributed by atoms with E-state index in [-0.39, 0.29) is 17.2 Å². The lowest BCUT2D eigenvalue weighted by atomic mass is 10.0. The molecule has 0 saturated carbocycles. The molecule has 0 bridgehead atoms. The van der Waals surface area contributed by atoms with Crippen molar-refractivity contribution in [3.05, 3.63) is 63.8 Å². The van der Waals surface area contributed by atoms with E-state index in [9.17, 15) is 18.0 Å². The molecule has 0 unspecified atom stereocenters. The summed E-state index contributed by atoms with van der Waals surface area (Å²) in [6.07, 6.45) is -3.36. The van der Waals surface area contributed by atoms with Crippen LogP contribution in [0.1, 0.15) is 47.2 Å². The van der Waals surface area contributed by atoms with Crippen LogP contribution in [-0.4, -0.2) is 27.0 Å². The van der Waals surface area contributed by atoms with E-state index in [1.54, 1.807) is 12.1 Å². The van der Waals surface area contributed by atoms with E-state index in [1.165, 1.54) is 35.2 Å². The van der Waals surface area contributed by atoms with E-state index in [1.807, 2.05) is 26.8 Å². The molecule has 35 heavy (non-hydrogen) atoms. The minimum Gasteiger partial charge on any atom is -0.481 e. The summed E-state index contributed by atoms with van der Waals surface area (Å²) in [5.41, 5.74) is 2.44. The monoisotopic (exact) mass is 520 g/mol. The summed E-state index contributed by atoms with van der Waals surface area (Å²) < 4.78 is 46.2. The van der Waals surface area contributed by atoms with Gasteiger partial charge >= 0.3 is 12.1 Å². The van der Waals surface area contributed by atoms with Crippen LogP contribution in [0, 0.1) is 6.92 Å². The molecule has 5 nitrogen and oxygen atoms in total. The molecule has 0 amide bonds. The van der Waals surface area contributed by atoms with Gasteiger partial charge in [-0.3, -0.25) is 4.79 Å². The van der Waals surface area contributed by atoms with Crippen molar-refractivity contribution in [2.24, 2.45) is 0 Å². The van der Waals surface area contributed by atoms with Crippen LogP contribution in [0.3, 0.4) is 0 Å². The quantitative estimate of drug-likeness (QED) is 0.245. The van der Waals surface area contributed by atoms with Crippen LogP contribution in [0.5, 0.6) is 0 Å². The molecule has 2 aromatic carbocycles. The van der Waals surface area contributed by atoms with Crippen molar-refractivity contribution in [2.45, 2.75) is 50.6 Å². The normalized spacial score (nSPS) is 12.1. The number of halogens is 3. The van der Waals surface area contributed by atoms with Gasteiger partial charge in [-0.15, -0.1) is 23.1 Å². The molecule has 0 aliphatic heterocycles. The zero-order valence-corrected chi connectivity index (χ0v) is 20.9. The number of carboxylic acid groups (broad SMARTS) is 1. The second kappa shape index (κ2) is 10.0. The number of aromatic nitrogens is 2. The second-order valence-electron chi connectivity index (χ2n) is 8.45. The topological polar surface area (TPSA) is 76.2 Å². The van der Waals surface area contributed by atoms with Gasteiger partial charge in [0, 0.05) is 20.7 Å². The van der Waals surface area contributed by atoms with Crippen molar-refractivity contribution < 1.29 is 27.6 Å². The number of alkyl halides is 3. The van der Waals surface area contributed by atoms with Gasteiger partial charge < -0.3 is 9.63 Å². The molecule has 0 aliphatic rings. The molecule has 2 heterocycles. The summed E-state index contributed by atoms with van der Waals surface area (Å²) in [6.45, 7) is 5.86. The number of carboxylic acids is 1. The van der Waals surface area contributed by atoms with Gasteiger partial charge in [0.2, 0.25) is 0 Å². The van der Waals surface area contributed by atoms with Gasteiger partial charge in [0.25, 0.3) is 0 Å². The van der Waals surface area contributed by atoms with Crippen LogP contribution >= 0.6 is 23.1 Å². The van der Waals surface area contributed by atoms with Crippen LogP contribution in [-0.2, 0) is 23.8 Å². The number of carbonyl (C=O) groups is 1. The Hall–Kier alpha value is -2.85.